The summed E-state index contributed by atoms with van der Waals surface area (Å²) in [6, 6.07) is 0. The average molecular weight is 537 g/mol. The van der Waals surface area contributed by atoms with Crippen molar-refractivity contribution in [2.45, 2.75) is 130 Å². The number of aliphatic carboxylic acids is 3. The Balaban J connectivity index is -0.000000163. The van der Waals surface area contributed by atoms with Gasteiger partial charge in [-0.2, -0.15) is 0 Å². The first-order valence-corrected chi connectivity index (χ1v) is 12.7. The van der Waals surface area contributed by atoms with E-state index in [4.69, 9.17) is 20.4 Å². The van der Waals surface area contributed by atoms with Gasteiger partial charge in [-0.1, -0.05) is 110 Å². The van der Waals surface area contributed by atoms with Crippen molar-refractivity contribution in [3.8, 4) is 0 Å². The molecule has 0 amide bonds. The molecule has 0 heterocycles. The van der Waals surface area contributed by atoms with Gasteiger partial charge in [-0.25, -0.2) is 9.59 Å². The average Bonchev–Trinajstić information content (AvgIpc) is 2.76. The van der Waals surface area contributed by atoms with Crippen molar-refractivity contribution in [2.24, 2.45) is 0 Å². The van der Waals surface area contributed by atoms with Crippen LogP contribution in [0.1, 0.15) is 124 Å². The molecule has 0 rings (SSSR count). The molecule has 0 atom stereocenters. The molecular formula is C27H52O7Ti. The predicted molar refractivity (Wildman–Crippen MR) is 140 cm³/mol. The molecule has 0 fully saturated rings. The summed E-state index contributed by atoms with van der Waals surface area (Å²) in [6.45, 7) is 11.6. The van der Waals surface area contributed by atoms with Crippen LogP contribution in [-0.2, 0) is 36.1 Å². The Labute approximate surface area is 229 Å². The first-order valence-electron chi connectivity index (χ1n) is 12.7. The van der Waals surface area contributed by atoms with Gasteiger partial charge in [0.2, 0.25) is 0 Å². The molecule has 4 N–H and O–H groups in total. The van der Waals surface area contributed by atoms with E-state index >= 15 is 0 Å². The summed E-state index contributed by atoms with van der Waals surface area (Å²) in [7, 11) is 0. The number of carbonyl (C=O) groups is 3. The van der Waals surface area contributed by atoms with E-state index in [1.807, 2.05) is 0 Å². The first kappa shape index (κ1) is 43.6. The summed E-state index contributed by atoms with van der Waals surface area (Å²) in [5.74, 6) is -2.62. The van der Waals surface area contributed by atoms with Gasteiger partial charge in [0.25, 0.3) is 0 Å². The van der Waals surface area contributed by atoms with E-state index in [0.717, 1.165) is 25.0 Å². The molecule has 0 bridgehead atoms. The van der Waals surface area contributed by atoms with Gasteiger partial charge in [-0.05, 0) is 20.3 Å². The molecule has 0 unspecified atom stereocenters. The molecule has 0 saturated heterocycles. The Morgan fingerprint density at radius 3 is 1.00 bits per heavy atom. The minimum absolute atomic E-state index is 0. The summed E-state index contributed by atoms with van der Waals surface area (Å²) >= 11 is 0. The van der Waals surface area contributed by atoms with Gasteiger partial charge in [0, 0.05) is 46.4 Å². The third kappa shape index (κ3) is 79.5. The van der Waals surface area contributed by atoms with E-state index in [9.17, 15) is 14.4 Å². The third-order valence-corrected chi connectivity index (χ3v) is 4.34. The standard InChI is InChI=1S/C18H36O2.2C3H4O2.C3H8O.Ti/c1-2-3-4-5-6-7-8-9-10-11-12-13-14-15-16-17-18(19)20;2*1-2-3(4)5;1-3(2)4;/h2-17H2,1H3,(H,19,20);2*2H,1H2,(H,4,5);3-4H,1-2H3;. The van der Waals surface area contributed by atoms with Crippen LogP contribution in [0.5, 0.6) is 0 Å². The molecule has 0 saturated carbocycles. The Morgan fingerprint density at radius 1 is 0.629 bits per heavy atom. The van der Waals surface area contributed by atoms with Crippen molar-refractivity contribution < 1.29 is 56.5 Å². The molecular weight excluding hydrogens is 484 g/mol. The second-order valence-corrected chi connectivity index (χ2v) is 8.27. The normalized spacial score (nSPS) is 9.06. The van der Waals surface area contributed by atoms with Gasteiger partial charge in [0.1, 0.15) is 0 Å². The second-order valence-electron chi connectivity index (χ2n) is 8.27. The maximum atomic E-state index is 10.3. The van der Waals surface area contributed by atoms with E-state index in [1.165, 1.54) is 83.5 Å². The molecule has 0 spiro atoms. The van der Waals surface area contributed by atoms with E-state index in [0.29, 0.717) is 6.42 Å². The van der Waals surface area contributed by atoms with Crippen molar-refractivity contribution in [3.63, 3.8) is 0 Å². The van der Waals surface area contributed by atoms with Crippen molar-refractivity contribution in [1.29, 1.82) is 0 Å². The monoisotopic (exact) mass is 536 g/mol. The quantitative estimate of drug-likeness (QED) is 0.0825. The van der Waals surface area contributed by atoms with E-state index in [1.54, 1.807) is 13.8 Å². The van der Waals surface area contributed by atoms with Gasteiger partial charge in [-0.3, -0.25) is 4.79 Å². The van der Waals surface area contributed by atoms with Gasteiger partial charge in [0.05, 0.1) is 0 Å². The maximum Gasteiger partial charge on any atom is 0.327 e. The molecule has 0 aromatic carbocycles. The van der Waals surface area contributed by atoms with E-state index in [-0.39, 0.29) is 27.8 Å². The minimum atomic E-state index is -0.981. The van der Waals surface area contributed by atoms with Gasteiger partial charge < -0.3 is 20.4 Å². The number of carboxylic acid groups (broad SMARTS) is 3. The number of carboxylic acids is 3. The molecule has 8 heteroatoms. The van der Waals surface area contributed by atoms with Crippen LogP contribution in [0.25, 0.3) is 0 Å². The molecule has 7 nitrogen and oxygen atoms in total. The van der Waals surface area contributed by atoms with Crippen LogP contribution in [0.15, 0.2) is 25.3 Å². The zero-order valence-electron chi connectivity index (χ0n) is 22.5. The molecule has 0 aliphatic heterocycles. The summed E-state index contributed by atoms with van der Waals surface area (Å²) in [5, 5.41) is 31.8. The van der Waals surface area contributed by atoms with Crippen molar-refractivity contribution in [2.75, 3.05) is 0 Å². The fourth-order valence-electron chi connectivity index (χ4n) is 2.65. The molecule has 0 aromatic heterocycles. The summed E-state index contributed by atoms with van der Waals surface area (Å²) < 4.78 is 0. The van der Waals surface area contributed by atoms with Crippen LogP contribution >= 0.6 is 0 Å². The van der Waals surface area contributed by atoms with Crippen LogP contribution in [0.3, 0.4) is 0 Å². The van der Waals surface area contributed by atoms with Gasteiger partial charge in [0.15, 0.2) is 0 Å². The second kappa shape index (κ2) is 39.8. The molecule has 35 heavy (non-hydrogen) atoms. The zero-order valence-corrected chi connectivity index (χ0v) is 24.0. The molecule has 206 valence electrons. The number of rotatable bonds is 18. The number of hydrogen-bond donors (Lipinski definition) is 4. The fraction of sp³-hybridized carbons (Fsp3) is 0.741. The number of aliphatic hydroxyl groups is 1. The number of hydrogen-bond acceptors (Lipinski definition) is 4. The van der Waals surface area contributed by atoms with Crippen molar-refractivity contribution >= 4 is 17.9 Å². The summed E-state index contributed by atoms with van der Waals surface area (Å²) in [4.78, 5) is 28.8. The van der Waals surface area contributed by atoms with Crippen LogP contribution in [-0.4, -0.2) is 44.4 Å². The Kier molecular flexibility index (Phi) is 49.6. The van der Waals surface area contributed by atoms with Crippen LogP contribution in [0, 0.1) is 0 Å². The Hall–Kier alpha value is -1.44. The van der Waals surface area contributed by atoms with Crippen LogP contribution in [0.2, 0.25) is 0 Å². The number of unbranched alkanes of at least 4 members (excludes halogenated alkanes) is 14. The Bertz CT molecular complexity index is 459. The molecule has 0 aromatic rings. The SMILES string of the molecule is C=CC(=O)O.C=CC(=O)O.CC(C)O.CCCCCCCCCCCCCCCCCC(=O)O.[Ti]. The fourth-order valence-corrected chi connectivity index (χ4v) is 2.65. The smallest absolute Gasteiger partial charge is 0.327 e. The summed E-state index contributed by atoms with van der Waals surface area (Å²) in [6.07, 6.45) is 21.7. The van der Waals surface area contributed by atoms with E-state index in [2.05, 4.69) is 20.1 Å². The Morgan fingerprint density at radius 2 is 0.829 bits per heavy atom. The van der Waals surface area contributed by atoms with E-state index < -0.39 is 17.9 Å². The topological polar surface area (TPSA) is 132 Å². The zero-order chi connectivity index (χ0) is 27.0. The number of aliphatic hydroxyl groups excluding tert-OH is 1. The predicted octanol–water partition coefficient (Wildman–Crippen LogP) is 7.23. The summed E-state index contributed by atoms with van der Waals surface area (Å²) in [5.41, 5.74) is 0. The van der Waals surface area contributed by atoms with Crippen LogP contribution in [0.4, 0.5) is 0 Å². The molecule has 0 aliphatic carbocycles. The van der Waals surface area contributed by atoms with Crippen LogP contribution < -0.4 is 0 Å². The largest absolute Gasteiger partial charge is 0.481 e. The maximum absolute atomic E-state index is 10.3. The van der Waals surface area contributed by atoms with Crippen molar-refractivity contribution in [3.05, 3.63) is 25.3 Å². The van der Waals surface area contributed by atoms with Gasteiger partial charge >= 0.3 is 17.9 Å². The molecule has 0 radical (unpaired) electrons. The first-order chi connectivity index (χ1) is 16.0. The third-order valence-electron chi connectivity index (χ3n) is 4.34. The van der Waals surface area contributed by atoms with Crippen molar-refractivity contribution in [1.82, 2.24) is 0 Å². The van der Waals surface area contributed by atoms with Gasteiger partial charge in [-0.15, -0.1) is 0 Å². The minimum Gasteiger partial charge on any atom is -0.481 e. The molecule has 0 aliphatic rings.